The van der Waals surface area contributed by atoms with Gasteiger partial charge >= 0.3 is 24.1 Å². The lowest BCUT2D eigenvalue weighted by Crippen LogP contribution is -2.51. The van der Waals surface area contributed by atoms with Crippen LogP contribution < -0.4 is 0 Å². The molecular formula is C59H36N6O12S4. The Morgan fingerprint density at radius 2 is 0.914 bits per heavy atom. The second kappa shape index (κ2) is 21.8. The fraction of sp³-hybridized carbons (Fsp3) is 0.119. The Bertz CT molecular complexity index is 4230. The summed E-state index contributed by atoms with van der Waals surface area (Å²) in [4.78, 5) is 124. The van der Waals surface area contributed by atoms with Crippen LogP contribution in [0.15, 0.2) is 165 Å². The molecule has 0 atom stereocenters. The highest BCUT2D eigenvalue weighted by atomic mass is 32.1. The molecule has 81 heavy (non-hydrogen) atoms. The Morgan fingerprint density at radius 1 is 0.506 bits per heavy atom. The SMILES string of the molecule is CC1=C(C#N)C(=O)N(C(=O)OCc2ccccc2)C(=O)C1=NC1=Cc2sc3c(sc4c5sc(N=C6C(=O)N(C(=O)OCc7ccccc7)C(=O)C(C#N)=C6C)cc5sc34)c2C1(C(=O)OCc1ccccc1)C(=O)OCc1ccccc1. The van der Waals surface area contributed by atoms with Crippen LogP contribution in [0.5, 0.6) is 0 Å². The van der Waals surface area contributed by atoms with E-state index in [9.17, 15) is 39.3 Å². The molecule has 0 saturated heterocycles. The molecule has 0 bridgehead atoms. The number of imide groups is 6. The number of rotatable bonds is 12. The number of carbonyl (C=O) groups excluding carboxylic acids is 8. The summed E-state index contributed by atoms with van der Waals surface area (Å²) in [6.07, 6.45) is -1.23. The van der Waals surface area contributed by atoms with Gasteiger partial charge in [0.15, 0.2) is 0 Å². The molecule has 6 heterocycles. The molecule has 22 heteroatoms. The van der Waals surface area contributed by atoms with Crippen LogP contribution in [0.25, 0.3) is 34.3 Å². The maximum absolute atomic E-state index is 15.5. The standard InChI is InChI=1S/C59H36N6O12S4/c1-31-37(25-60)51(66)64(57(72)76-29-35-19-11-5-12-20-35)53(68)44(31)62-41-23-39-43(59(41,55(70)74-27-33-15-7-3-8-16-33)56(71)75-28-34-17-9-4-10-18-34)47-49(78-39)50-48(81-47)46-40(79-50)24-42(80-46)63-45-32(2)38(26-61)52(67)65(54(45)69)58(73)77-30-36-21-13-6-14-22-36/h3-24H,27-30H2,1-2H3. The van der Waals surface area contributed by atoms with Gasteiger partial charge < -0.3 is 18.9 Å². The van der Waals surface area contributed by atoms with E-state index >= 15 is 9.59 Å². The molecule has 0 fully saturated rings. The maximum Gasteiger partial charge on any atom is 0.424 e. The normalized spacial score (nSPS) is 16.1. The molecule has 0 saturated carbocycles. The molecule has 8 aromatic rings. The summed E-state index contributed by atoms with van der Waals surface area (Å²) in [5, 5.41) is 20.6. The first kappa shape index (κ1) is 53.2. The highest BCUT2D eigenvalue weighted by Gasteiger charge is 2.61. The molecule has 0 spiro atoms. The van der Waals surface area contributed by atoms with E-state index in [1.54, 1.807) is 140 Å². The minimum absolute atomic E-state index is 0.0398. The van der Waals surface area contributed by atoms with Crippen LogP contribution >= 0.6 is 45.3 Å². The van der Waals surface area contributed by atoms with Gasteiger partial charge in [-0.2, -0.15) is 20.3 Å². The van der Waals surface area contributed by atoms with E-state index in [2.05, 4.69) is 4.99 Å². The molecule has 2 aliphatic heterocycles. The second-order valence-electron chi connectivity index (χ2n) is 18.2. The number of benzene rings is 4. The zero-order chi connectivity index (χ0) is 56.7. The molecule has 4 aromatic carbocycles. The molecule has 11 rings (SSSR count). The number of hydrogen-bond donors (Lipinski definition) is 0. The molecule has 18 nitrogen and oxygen atoms in total. The van der Waals surface area contributed by atoms with Gasteiger partial charge in [-0.1, -0.05) is 121 Å². The number of nitriles is 2. The molecular weight excluding hydrogens is 1110 g/mol. The molecule has 4 aromatic heterocycles. The first-order valence-electron chi connectivity index (χ1n) is 24.4. The fourth-order valence-corrected chi connectivity index (χ4v) is 15.0. The number of amides is 6. The van der Waals surface area contributed by atoms with Gasteiger partial charge in [0, 0.05) is 26.3 Å². The number of hydrogen-bond acceptors (Lipinski definition) is 20. The summed E-state index contributed by atoms with van der Waals surface area (Å²) in [7, 11) is 0. The van der Waals surface area contributed by atoms with E-state index < -0.39 is 70.0 Å². The predicted octanol–water partition coefficient (Wildman–Crippen LogP) is 11.1. The van der Waals surface area contributed by atoms with Crippen LogP contribution in [0.2, 0.25) is 0 Å². The summed E-state index contributed by atoms with van der Waals surface area (Å²) in [5.74, 6) is -7.06. The number of aliphatic imine (C=N–C) groups is 2. The van der Waals surface area contributed by atoms with Crippen LogP contribution in [0.4, 0.5) is 14.6 Å². The number of nitrogens with zero attached hydrogens (tertiary/aromatic N) is 6. The van der Waals surface area contributed by atoms with Crippen molar-refractivity contribution in [2.45, 2.75) is 45.7 Å². The zero-order valence-corrected chi connectivity index (χ0v) is 45.5. The first-order chi connectivity index (χ1) is 39.2. The number of esters is 2. The highest BCUT2D eigenvalue weighted by Crippen LogP contribution is 2.58. The Hall–Kier alpha value is -9.84. The minimum atomic E-state index is -2.59. The molecule has 3 aliphatic rings. The van der Waals surface area contributed by atoms with E-state index in [0.29, 0.717) is 45.9 Å². The van der Waals surface area contributed by atoms with E-state index in [1.807, 2.05) is 0 Å². The molecule has 0 N–H and O–H groups in total. The highest BCUT2D eigenvalue weighted by molar-refractivity contribution is 7.45. The maximum atomic E-state index is 15.5. The summed E-state index contributed by atoms with van der Waals surface area (Å²) >= 11 is 4.97. The largest absolute Gasteiger partial charge is 0.459 e. The van der Waals surface area contributed by atoms with Gasteiger partial charge in [-0.15, -0.1) is 45.3 Å². The van der Waals surface area contributed by atoms with Gasteiger partial charge in [0.05, 0.1) is 29.2 Å². The molecule has 0 unspecified atom stereocenters. The monoisotopic (exact) mass is 1150 g/mol. The average Bonchev–Trinajstić information content (AvgIpc) is 4.46. The number of carbonyl (C=O) groups is 8. The summed E-state index contributed by atoms with van der Waals surface area (Å²) in [5.41, 5.74) is -2.88. The summed E-state index contributed by atoms with van der Waals surface area (Å²) < 4.78 is 26.9. The van der Waals surface area contributed by atoms with Crippen LogP contribution in [-0.2, 0) is 79.6 Å². The van der Waals surface area contributed by atoms with Crippen LogP contribution in [-0.4, -0.2) is 69.0 Å². The van der Waals surface area contributed by atoms with Crippen molar-refractivity contribution < 1.29 is 57.3 Å². The van der Waals surface area contributed by atoms with E-state index in [4.69, 9.17) is 23.9 Å². The van der Waals surface area contributed by atoms with Crippen LogP contribution in [0, 0.1) is 22.7 Å². The third-order valence-electron chi connectivity index (χ3n) is 13.2. The molecule has 6 amide bonds. The topological polar surface area (TPSA) is 252 Å². The van der Waals surface area contributed by atoms with E-state index in [0.717, 1.165) is 9.40 Å². The van der Waals surface area contributed by atoms with E-state index in [1.165, 1.54) is 65.3 Å². The van der Waals surface area contributed by atoms with Crippen molar-refractivity contribution >= 4 is 144 Å². The van der Waals surface area contributed by atoms with Crippen molar-refractivity contribution in [3.05, 3.63) is 188 Å². The van der Waals surface area contributed by atoms with Crippen LogP contribution in [0.3, 0.4) is 0 Å². The lowest BCUT2D eigenvalue weighted by Gasteiger charge is -2.29. The third kappa shape index (κ3) is 9.41. The summed E-state index contributed by atoms with van der Waals surface area (Å²) in [6.45, 7) is 1.45. The second-order valence-corrected chi connectivity index (χ2v) is 22.3. The Labute approximate surface area is 474 Å². The fourth-order valence-electron chi connectivity index (χ4n) is 9.18. The predicted molar refractivity (Wildman–Crippen MR) is 301 cm³/mol. The molecule has 0 radical (unpaired) electrons. The van der Waals surface area contributed by atoms with Gasteiger partial charge in [0.2, 0.25) is 5.41 Å². The Kier molecular flexibility index (Phi) is 14.3. The Balaban J connectivity index is 1.03. The first-order valence-corrected chi connectivity index (χ1v) is 27.6. The summed E-state index contributed by atoms with van der Waals surface area (Å²) in [6, 6.07) is 39.7. The van der Waals surface area contributed by atoms with Gasteiger partial charge in [-0.25, -0.2) is 19.6 Å². The van der Waals surface area contributed by atoms with Gasteiger partial charge in [-0.3, -0.25) is 28.8 Å². The van der Waals surface area contributed by atoms with Gasteiger partial charge in [-0.05, 0) is 48.2 Å². The van der Waals surface area contributed by atoms with Crippen molar-refractivity contribution in [1.82, 2.24) is 9.80 Å². The van der Waals surface area contributed by atoms with Crippen molar-refractivity contribution in [2.24, 2.45) is 9.98 Å². The smallest absolute Gasteiger partial charge is 0.424 e. The number of fused-ring (bicyclic) bond motifs is 7. The lowest BCUT2D eigenvalue weighted by atomic mass is 9.81. The minimum Gasteiger partial charge on any atom is -0.459 e. The van der Waals surface area contributed by atoms with Crippen molar-refractivity contribution in [2.75, 3.05) is 0 Å². The van der Waals surface area contributed by atoms with Crippen molar-refractivity contribution in [1.29, 1.82) is 10.5 Å². The van der Waals surface area contributed by atoms with E-state index in [-0.39, 0.29) is 69.3 Å². The zero-order valence-electron chi connectivity index (χ0n) is 42.2. The molecule has 1 aliphatic carbocycles. The number of thiophene rings is 4. The third-order valence-corrected chi connectivity index (χ3v) is 18.5. The van der Waals surface area contributed by atoms with Gasteiger partial charge in [0.1, 0.15) is 66.1 Å². The van der Waals surface area contributed by atoms with Crippen molar-refractivity contribution in [3.8, 4) is 12.1 Å². The quantitative estimate of drug-likeness (QED) is 0.0477. The van der Waals surface area contributed by atoms with Gasteiger partial charge in [0.25, 0.3) is 23.6 Å². The number of ether oxygens (including phenoxy) is 4. The van der Waals surface area contributed by atoms with Crippen molar-refractivity contribution in [3.63, 3.8) is 0 Å². The lowest BCUT2D eigenvalue weighted by molar-refractivity contribution is -0.164. The van der Waals surface area contributed by atoms with Crippen LogP contribution in [0.1, 0.15) is 46.5 Å². The Morgan fingerprint density at radius 3 is 1.36 bits per heavy atom. The average molecular weight is 1150 g/mol. The molecule has 398 valence electrons.